The Kier molecular flexibility index (Phi) is 10.0. The number of rotatable bonds is 5. The number of carboxylic acid groups (broad SMARTS) is 1. The Morgan fingerprint density at radius 1 is 0.963 bits per heavy atom. The number of hydrogen-bond donors (Lipinski definition) is 1. The molecular weight excluding hydrogens is 527 g/mol. The highest BCUT2D eigenvalue weighted by molar-refractivity contribution is 9.10. The van der Waals surface area contributed by atoms with Crippen LogP contribution in [0.25, 0.3) is 0 Å². The lowest BCUT2D eigenvalue weighted by Crippen LogP contribution is -2.11. The van der Waals surface area contributed by atoms with Gasteiger partial charge in [-0.25, -0.2) is 4.79 Å². The molecular formula is C18H14Br2Cl2O5. The van der Waals surface area contributed by atoms with Gasteiger partial charge in [-0.2, -0.15) is 0 Å². The highest BCUT2D eigenvalue weighted by Crippen LogP contribution is 2.23. The van der Waals surface area contributed by atoms with Crippen molar-refractivity contribution in [2.24, 2.45) is 0 Å². The average molecular weight is 541 g/mol. The molecule has 0 aromatic heterocycles. The molecule has 0 aliphatic heterocycles. The van der Waals surface area contributed by atoms with Gasteiger partial charge in [-0.05, 0) is 43.3 Å². The van der Waals surface area contributed by atoms with Crippen LogP contribution in [-0.4, -0.2) is 29.4 Å². The normalized spacial score (nSPS) is 9.81. The van der Waals surface area contributed by atoms with E-state index in [1.54, 1.807) is 37.3 Å². The predicted molar refractivity (Wildman–Crippen MR) is 111 cm³/mol. The first kappa shape index (κ1) is 23.6. The van der Waals surface area contributed by atoms with Crippen LogP contribution in [0.3, 0.4) is 0 Å². The summed E-state index contributed by atoms with van der Waals surface area (Å²) in [5, 5.41) is 9.12. The molecule has 0 radical (unpaired) electrons. The van der Waals surface area contributed by atoms with Crippen LogP contribution in [-0.2, 0) is 9.53 Å². The monoisotopic (exact) mass is 538 g/mol. The summed E-state index contributed by atoms with van der Waals surface area (Å²) in [7, 11) is 0. The summed E-state index contributed by atoms with van der Waals surface area (Å²) in [6.07, 6.45) is -0.283. The van der Waals surface area contributed by atoms with Crippen molar-refractivity contribution in [1.82, 2.24) is 0 Å². The Morgan fingerprint density at radius 3 is 1.85 bits per heavy atom. The molecule has 2 aromatic rings. The summed E-state index contributed by atoms with van der Waals surface area (Å²) in [5.41, 5.74) is 0.452. The number of benzene rings is 2. The van der Waals surface area contributed by atoms with E-state index >= 15 is 0 Å². The number of aromatic carboxylic acids is 1. The molecule has 2 rings (SSSR count). The lowest BCUT2D eigenvalue weighted by molar-refractivity contribution is -0.141. The zero-order chi connectivity index (χ0) is 20.6. The third-order valence-corrected chi connectivity index (χ3v) is 4.62. The van der Waals surface area contributed by atoms with E-state index in [0.717, 1.165) is 8.95 Å². The second-order valence-electron chi connectivity index (χ2n) is 4.96. The van der Waals surface area contributed by atoms with Gasteiger partial charge in [-0.1, -0.05) is 55.1 Å². The fraction of sp³-hybridized carbons (Fsp3) is 0.167. The number of ether oxygens (including phenoxy) is 1. The van der Waals surface area contributed by atoms with Gasteiger partial charge in [0.05, 0.1) is 22.2 Å². The van der Waals surface area contributed by atoms with Gasteiger partial charge in [0.1, 0.15) is 6.42 Å². The van der Waals surface area contributed by atoms with Crippen LogP contribution in [0.5, 0.6) is 0 Å². The number of Topliss-reactive ketones (excluding diaryl/α,β-unsaturated/α-hetero) is 1. The summed E-state index contributed by atoms with van der Waals surface area (Å²) in [5.74, 6) is -1.88. The highest BCUT2D eigenvalue weighted by Gasteiger charge is 2.15. The summed E-state index contributed by atoms with van der Waals surface area (Å²) < 4.78 is 6.24. The third-order valence-electron chi connectivity index (χ3n) is 3.00. The lowest BCUT2D eigenvalue weighted by atomic mass is 10.1. The predicted octanol–water partition coefficient (Wildman–Crippen LogP) is 6.04. The van der Waals surface area contributed by atoms with Crippen LogP contribution >= 0.6 is 55.1 Å². The maximum atomic E-state index is 11.7. The van der Waals surface area contributed by atoms with Crippen molar-refractivity contribution in [3.8, 4) is 0 Å². The number of halogens is 4. The van der Waals surface area contributed by atoms with Crippen molar-refractivity contribution in [3.63, 3.8) is 0 Å². The van der Waals surface area contributed by atoms with Crippen molar-refractivity contribution in [2.45, 2.75) is 13.3 Å². The van der Waals surface area contributed by atoms with Crippen LogP contribution in [0.15, 0.2) is 45.3 Å². The molecule has 1 N–H and O–H groups in total. The molecule has 144 valence electrons. The van der Waals surface area contributed by atoms with E-state index in [1.807, 2.05) is 0 Å². The molecule has 0 amide bonds. The molecule has 27 heavy (non-hydrogen) atoms. The number of ketones is 1. The van der Waals surface area contributed by atoms with E-state index in [0.29, 0.717) is 10.6 Å². The van der Waals surface area contributed by atoms with Crippen LogP contribution in [0.2, 0.25) is 10.0 Å². The minimum atomic E-state index is -1.01. The molecule has 0 saturated carbocycles. The summed E-state index contributed by atoms with van der Waals surface area (Å²) >= 11 is 17.9. The van der Waals surface area contributed by atoms with Gasteiger partial charge in [0.2, 0.25) is 0 Å². The zero-order valence-electron chi connectivity index (χ0n) is 14.0. The quantitative estimate of drug-likeness (QED) is 0.284. The van der Waals surface area contributed by atoms with Gasteiger partial charge >= 0.3 is 11.9 Å². The topological polar surface area (TPSA) is 80.7 Å². The molecule has 0 unspecified atom stereocenters. The van der Waals surface area contributed by atoms with Gasteiger partial charge in [-0.15, -0.1) is 0 Å². The zero-order valence-corrected chi connectivity index (χ0v) is 18.7. The van der Waals surface area contributed by atoms with Crippen LogP contribution < -0.4 is 0 Å². The van der Waals surface area contributed by atoms with Gasteiger partial charge in [-0.3, -0.25) is 9.59 Å². The molecule has 0 atom stereocenters. The van der Waals surface area contributed by atoms with E-state index in [9.17, 15) is 14.4 Å². The molecule has 9 heteroatoms. The van der Waals surface area contributed by atoms with Gasteiger partial charge in [0, 0.05) is 14.5 Å². The number of carboxylic acids is 1. The first-order valence-electron chi connectivity index (χ1n) is 7.47. The second kappa shape index (κ2) is 11.4. The molecule has 0 spiro atoms. The molecule has 5 nitrogen and oxygen atoms in total. The minimum Gasteiger partial charge on any atom is -0.478 e. The van der Waals surface area contributed by atoms with Gasteiger partial charge in [0.15, 0.2) is 5.78 Å². The van der Waals surface area contributed by atoms with Crippen molar-refractivity contribution >= 4 is 72.8 Å². The number of carbonyl (C=O) groups is 3. The number of hydrogen-bond acceptors (Lipinski definition) is 4. The maximum Gasteiger partial charge on any atom is 0.337 e. The molecule has 0 aliphatic rings. The molecule has 0 saturated heterocycles. The SMILES string of the molecule is CCOC(=O)CC(=O)c1ccc(Br)cc1Cl.O=C(O)c1ccc(Br)cc1Cl. The number of carbonyl (C=O) groups excluding carboxylic acids is 2. The highest BCUT2D eigenvalue weighted by atomic mass is 79.9. The van der Waals surface area contributed by atoms with E-state index in [-0.39, 0.29) is 29.4 Å². The van der Waals surface area contributed by atoms with E-state index < -0.39 is 11.9 Å². The van der Waals surface area contributed by atoms with Crippen LogP contribution in [0.1, 0.15) is 34.1 Å². The summed E-state index contributed by atoms with van der Waals surface area (Å²) in [6, 6.07) is 9.52. The minimum absolute atomic E-state index is 0.120. The maximum absolute atomic E-state index is 11.7. The fourth-order valence-electron chi connectivity index (χ4n) is 1.82. The Balaban J connectivity index is 0.000000289. The molecule has 2 aromatic carbocycles. The number of esters is 1. The standard InChI is InChI=1S/C11H10BrClO3.C7H4BrClO2/c1-2-16-11(15)6-10(14)8-4-3-7(12)5-9(8)13;8-4-1-2-5(7(10)11)6(9)3-4/h3-5H,2,6H2,1H3;1-3H,(H,10,11). The Bertz CT molecular complexity index is 856. The van der Waals surface area contributed by atoms with Crippen molar-refractivity contribution in [1.29, 1.82) is 0 Å². The first-order valence-corrected chi connectivity index (χ1v) is 9.82. The fourth-order valence-corrected chi connectivity index (χ4v) is 3.35. The Hall–Kier alpha value is -1.41. The van der Waals surface area contributed by atoms with Crippen molar-refractivity contribution < 1.29 is 24.2 Å². The lowest BCUT2D eigenvalue weighted by Gasteiger charge is -2.04. The van der Waals surface area contributed by atoms with Gasteiger partial charge in [0.25, 0.3) is 0 Å². The Morgan fingerprint density at radius 2 is 1.44 bits per heavy atom. The second-order valence-corrected chi connectivity index (χ2v) is 7.60. The van der Waals surface area contributed by atoms with Crippen molar-refractivity contribution in [2.75, 3.05) is 6.61 Å². The molecule has 0 aliphatic carbocycles. The molecule has 0 fully saturated rings. The average Bonchev–Trinajstić information content (AvgIpc) is 2.54. The van der Waals surface area contributed by atoms with Crippen LogP contribution in [0.4, 0.5) is 0 Å². The first-order chi connectivity index (χ1) is 12.6. The third kappa shape index (κ3) is 8.01. The van der Waals surface area contributed by atoms with E-state index in [2.05, 4.69) is 36.6 Å². The summed E-state index contributed by atoms with van der Waals surface area (Å²) in [4.78, 5) is 33.2. The van der Waals surface area contributed by atoms with Gasteiger partial charge < -0.3 is 9.84 Å². The molecule has 0 heterocycles. The van der Waals surface area contributed by atoms with Crippen LogP contribution in [0, 0.1) is 0 Å². The Labute approximate surface area is 182 Å². The smallest absolute Gasteiger partial charge is 0.337 e. The largest absolute Gasteiger partial charge is 0.478 e. The van der Waals surface area contributed by atoms with Crippen molar-refractivity contribution in [3.05, 3.63) is 66.5 Å². The molecule has 0 bridgehead atoms. The van der Waals surface area contributed by atoms with E-state index in [1.165, 1.54) is 6.07 Å². The summed E-state index contributed by atoms with van der Waals surface area (Å²) in [6.45, 7) is 1.95. The van der Waals surface area contributed by atoms with E-state index in [4.69, 9.17) is 28.3 Å².